The van der Waals surface area contributed by atoms with E-state index in [9.17, 15) is 9.59 Å². The summed E-state index contributed by atoms with van der Waals surface area (Å²) < 4.78 is 5.43. The molecule has 2 fully saturated rings. The zero-order valence-electron chi connectivity index (χ0n) is 16.2. The van der Waals surface area contributed by atoms with Gasteiger partial charge in [0.15, 0.2) is 0 Å². The number of piperazine rings is 1. The molecule has 0 aliphatic carbocycles. The first-order valence-corrected chi connectivity index (χ1v) is 9.82. The Morgan fingerprint density at radius 3 is 2.44 bits per heavy atom. The van der Waals surface area contributed by atoms with Gasteiger partial charge < -0.3 is 19.4 Å². The van der Waals surface area contributed by atoms with Crippen molar-refractivity contribution in [2.45, 2.75) is 32.3 Å². The van der Waals surface area contributed by atoms with Crippen LogP contribution in [0.15, 0.2) is 18.5 Å². The second-order valence-electron chi connectivity index (χ2n) is 8.02. The first-order chi connectivity index (χ1) is 12.8. The molecular weight excluding hydrogens is 368 g/mol. The van der Waals surface area contributed by atoms with Gasteiger partial charge >= 0.3 is 6.09 Å². The second-order valence-corrected chi connectivity index (χ2v) is 8.29. The predicted octanol–water partition coefficient (Wildman–Crippen LogP) is 2.30. The topological polar surface area (TPSA) is 66.0 Å². The van der Waals surface area contributed by atoms with Crippen LogP contribution in [0.2, 0.25) is 0 Å². The molecule has 0 N–H and O–H groups in total. The predicted molar refractivity (Wildman–Crippen MR) is 104 cm³/mol. The number of amides is 2. The fraction of sp³-hybridized carbons (Fsp3) is 0.632. The van der Waals surface area contributed by atoms with Crippen LogP contribution in [0.4, 0.5) is 10.5 Å². The van der Waals surface area contributed by atoms with E-state index in [1.165, 1.54) is 0 Å². The Labute approximate surface area is 165 Å². The van der Waals surface area contributed by atoms with Gasteiger partial charge in [-0.1, -0.05) is 0 Å². The van der Waals surface area contributed by atoms with Crippen LogP contribution >= 0.6 is 11.6 Å². The Bertz CT molecular complexity index is 692. The van der Waals surface area contributed by atoms with Crippen molar-refractivity contribution in [3.63, 3.8) is 0 Å². The fourth-order valence-electron chi connectivity index (χ4n) is 3.43. The molecule has 2 aliphatic rings. The highest BCUT2D eigenvalue weighted by molar-refractivity contribution is 6.27. The van der Waals surface area contributed by atoms with Gasteiger partial charge in [-0.15, -0.1) is 11.6 Å². The number of likely N-dealkylation sites (tertiary alicyclic amines) is 1. The minimum Gasteiger partial charge on any atom is -0.444 e. The molecule has 3 heterocycles. The number of hydrogen-bond donors (Lipinski definition) is 0. The van der Waals surface area contributed by atoms with Crippen LogP contribution in [0.25, 0.3) is 0 Å². The zero-order chi connectivity index (χ0) is 19.6. The highest BCUT2D eigenvalue weighted by Gasteiger charge is 2.36. The van der Waals surface area contributed by atoms with E-state index in [1.54, 1.807) is 16.0 Å². The number of nitrogens with zero attached hydrogens (tertiary/aromatic N) is 4. The molecule has 2 amide bonds. The van der Waals surface area contributed by atoms with Gasteiger partial charge in [-0.25, -0.2) is 4.79 Å². The SMILES string of the molecule is CC(C)(C)OC(=O)N1CC(c2cnccc2N2CCN(C(=O)CCl)CC2)C1. The number of ether oxygens (including phenoxy) is 1. The van der Waals surface area contributed by atoms with E-state index < -0.39 is 5.60 Å². The lowest BCUT2D eigenvalue weighted by molar-refractivity contribution is -0.128. The largest absolute Gasteiger partial charge is 0.444 e. The van der Waals surface area contributed by atoms with Crippen LogP contribution in [-0.4, -0.2) is 77.5 Å². The Balaban J connectivity index is 1.61. The summed E-state index contributed by atoms with van der Waals surface area (Å²) in [4.78, 5) is 34.0. The zero-order valence-corrected chi connectivity index (χ0v) is 16.9. The van der Waals surface area contributed by atoms with Gasteiger partial charge in [0.2, 0.25) is 5.91 Å². The molecule has 0 saturated carbocycles. The molecule has 8 heteroatoms. The number of carbonyl (C=O) groups is 2. The highest BCUT2D eigenvalue weighted by Crippen LogP contribution is 2.34. The highest BCUT2D eigenvalue weighted by atomic mass is 35.5. The number of halogens is 1. The van der Waals surface area contributed by atoms with Crippen molar-refractivity contribution in [1.29, 1.82) is 0 Å². The standard InChI is InChI=1S/C19H27ClN4O3/c1-19(2,3)27-18(26)24-12-14(13-24)15-11-21-5-4-16(15)22-6-8-23(9-7-22)17(25)10-20/h4-5,11,14H,6-10,12-13H2,1-3H3. The van der Waals surface area contributed by atoms with Crippen molar-refractivity contribution in [2.75, 3.05) is 50.0 Å². The van der Waals surface area contributed by atoms with Crippen LogP contribution < -0.4 is 4.90 Å². The summed E-state index contributed by atoms with van der Waals surface area (Å²) in [5.74, 6) is 0.269. The molecule has 0 atom stereocenters. The number of rotatable bonds is 3. The van der Waals surface area contributed by atoms with Gasteiger partial charge in [-0.2, -0.15) is 0 Å². The Morgan fingerprint density at radius 2 is 1.85 bits per heavy atom. The number of carbonyl (C=O) groups excluding carboxylic acids is 2. The maximum atomic E-state index is 12.2. The summed E-state index contributed by atoms with van der Waals surface area (Å²) in [5.41, 5.74) is 1.80. The van der Waals surface area contributed by atoms with Crippen LogP contribution in [0.5, 0.6) is 0 Å². The van der Waals surface area contributed by atoms with Crippen molar-refractivity contribution in [1.82, 2.24) is 14.8 Å². The van der Waals surface area contributed by atoms with E-state index in [4.69, 9.17) is 16.3 Å². The van der Waals surface area contributed by atoms with Crippen molar-refractivity contribution < 1.29 is 14.3 Å². The molecule has 2 aliphatic heterocycles. The van der Waals surface area contributed by atoms with Gasteiger partial charge in [0.1, 0.15) is 11.5 Å². The third-order valence-corrected chi connectivity index (χ3v) is 5.12. The molecule has 0 bridgehead atoms. The van der Waals surface area contributed by atoms with E-state index in [0.717, 1.165) is 24.3 Å². The third kappa shape index (κ3) is 4.64. The molecule has 2 saturated heterocycles. The number of alkyl halides is 1. The normalized spacial score (nSPS) is 18.3. The smallest absolute Gasteiger partial charge is 0.410 e. The van der Waals surface area contributed by atoms with Crippen LogP contribution in [-0.2, 0) is 9.53 Å². The lowest BCUT2D eigenvalue weighted by Gasteiger charge is -2.42. The second kappa shape index (κ2) is 7.92. The van der Waals surface area contributed by atoms with Crippen molar-refractivity contribution >= 4 is 29.3 Å². The summed E-state index contributed by atoms with van der Waals surface area (Å²) >= 11 is 5.66. The van der Waals surface area contributed by atoms with Crippen molar-refractivity contribution in [2.24, 2.45) is 0 Å². The van der Waals surface area contributed by atoms with Crippen molar-refractivity contribution in [3.8, 4) is 0 Å². The average molecular weight is 395 g/mol. The average Bonchev–Trinajstić information content (AvgIpc) is 2.59. The molecule has 1 aromatic heterocycles. The molecule has 0 spiro atoms. The summed E-state index contributed by atoms with van der Waals surface area (Å²) in [5, 5.41) is 0. The van der Waals surface area contributed by atoms with Gasteiger partial charge in [0, 0.05) is 68.8 Å². The quantitative estimate of drug-likeness (QED) is 0.736. The molecular formula is C19H27ClN4O3. The van der Waals surface area contributed by atoms with Gasteiger partial charge in [0.05, 0.1) is 0 Å². The molecule has 0 aromatic carbocycles. The third-order valence-electron chi connectivity index (χ3n) is 4.89. The molecule has 148 valence electrons. The maximum Gasteiger partial charge on any atom is 0.410 e. The maximum absolute atomic E-state index is 12.2. The Morgan fingerprint density at radius 1 is 1.19 bits per heavy atom. The van der Waals surface area contributed by atoms with E-state index in [2.05, 4.69) is 9.88 Å². The van der Waals surface area contributed by atoms with E-state index in [0.29, 0.717) is 26.2 Å². The van der Waals surface area contributed by atoms with Crippen molar-refractivity contribution in [3.05, 3.63) is 24.0 Å². The van der Waals surface area contributed by atoms with E-state index in [1.807, 2.05) is 33.0 Å². The number of aromatic nitrogens is 1. The molecule has 3 rings (SSSR count). The molecule has 7 nitrogen and oxygen atoms in total. The number of anilines is 1. The van der Waals surface area contributed by atoms with E-state index in [-0.39, 0.29) is 23.8 Å². The number of hydrogen-bond acceptors (Lipinski definition) is 5. The van der Waals surface area contributed by atoms with Gasteiger partial charge in [0.25, 0.3) is 0 Å². The molecule has 1 aromatic rings. The first kappa shape index (κ1) is 19.7. The Hall–Kier alpha value is -2.02. The van der Waals surface area contributed by atoms with Crippen LogP contribution in [0.3, 0.4) is 0 Å². The van der Waals surface area contributed by atoms with Gasteiger partial charge in [-0.05, 0) is 26.8 Å². The summed E-state index contributed by atoms with van der Waals surface area (Å²) in [6.07, 6.45) is 3.42. The Kier molecular flexibility index (Phi) is 5.79. The van der Waals surface area contributed by atoms with E-state index >= 15 is 0 Å². The lowest BCUT2D eigenvalue weighted by atomic mass is 9.91. The summed E-state index contributed by atoms with van der Waals surface area (Å²) in [6, 6.07) is 2.02. The number of pyridine rings is 1. The van der Waals surface area contributed by atoms with Crippen LogP contribution in [0.1, 0.15) is 32.3 Å². The minimum absolute atomic E-state index is 0.0155. The van der Waals surface area contributed by atoms with Gasteiger partial charge in [-0.3, -0.25) is 9.78 Å². The molecule has 27 heavy (non-hydrogen) atoms. The summed E-state index contributed by atoms with van der Waals surface area (Å²) in [6.45, 7) is 9.76. The lowest BCUT2D eigenvalue weighted by Crippen LogP contribution is -2.52. The fourth-order valence-corrected chi connectivity index (χ4v) is 3.60. The molecule has 0 unspecified atom stereocenters. The monoisotopic (exact) mass is 394 g/mol. The first-order valence-electron chi connectivity index (χ1n) is 9.29. The molecule has 0 radical (unpaired) electrons. The van der Waals surface area contributed by atoms with Crippen LogP contribution in [0, 0.1) is 0 Å². The summed E-state index contributed by atoms with van der Waals surface area (Å²) in [7, 11) is 0. The minimum atomic E-state index is -0.484.